The molecule has 1 aromatic heterocycles. The van der Waals surface area contributed by atoms with Crippen LogP contribution in [0.15, 0.2) is 18.2 Å². The van der Waals surface area contributed by atoms with Crippen molar-refractivity contribution in [2.24, 2.45) is 0 Å². The van der Waals surface area contributed by atoms with E-state index in [0.29, 0.717) is 0 Å². The Balaban J connectivity index is 2.77. The van der Waals surface area contributed by atoms with Crippen molar-refractivity contribution >= 4 is 16.6 Å². The summed E-state index contributed by atoms with van der Waals surface area (Å²) in [4.78, 5) is 4.79. The summed E-state index contributed by atoms with van der Waals surface area (Å²) in [5.74, 6) is 0. The molecule has 0 unspecified atom stereocenters. The van der Waals surface area contributed by atoms with E-state index >= 15 is 0 Å². The molecule has 0 aliphatic heterocycles. The number of nitrogens with zero attached hydrogens (tertiary/aromatic N) is 1. The van der Waals surface area contributed by atoms with Gasteiger partial charge in [0, 0.05) is 23.8 Å². The van der Waals surface area contributed by atoms with Gasteiger partial charge >= 0.3 is 0 Å². The van der Waals surface area contributed by atoms with E-state index in [1.165, 1.54) is 27.9 Å². The number of hydrogen-bond acceptors (Lipinski definition) is 2. The highest BCUT2D eigenvalue weighted by molar-refractivity contribution is 5.95. The molecule has 0 saturated heterocycles. The fraction of sp³-hybridized carbons (Fsp3) is 0.400. The fourth-order valence-corrected chi connectivity index (χ4v) is 2.28. The van der Waals surface area contributed by atoms with Crippen LogP contribution < -0.4 is 5.32 Å². The summed E-state index contributed by atoms with van der Waals surface area (Å²) in [6.45, 7) is 6.46. The molecule has 0 fully saturated rings. The van der Waals surface area contributed by atoms with Gasteiger partial charge in [-0.25, -0.2) is 0 Å². The minimum Gasteiger partial charge on any atom is -0.388 e. The topological polar surface area (TPSA) is 24.9 Å². The van der Waals surface area contributed by atoms with Gasteiger partial charge < -0.3 is 5.32 Å². The second-order valence-electron chi connectivity index (χ2n) is 4.58. The zero-order chi connectivity index (χ0) is 12.4. The van der Waals surface area contributed by atoms with Crippen molar-refractivity contribution in [3.63, 3.8) is 0 Å². The summed E-state index contributed by atoms with van der Waals surface area (Å²) in [5, 5.41) is 4.55. The van der Waals surface area contributed by atoms with Crippen molar-refractivity contribution in [1.29, 1.82) is 0 Å². The van der Waals surface area contributed by atoms with Crippen LogP contribution in [0.25, 0.3) is 10.9 Å². The molecule has 90 valence electrons. The molecular weight excluding hydrogens is 208 g/mol. The lowest BCUT2D eigenvalue weighted by Crippen LogP contribution is -1.99. The molecule has 2 nitrogen and oxygen atoms in total. The number of aryl methyl sites for hydroxylation is 3. The van der Waals surface area contributed by atoms with Crippen molar-refractivity contribution in [3.05, 3.63) is 35.0 Å². The first-order valence-electron chi connectivity index (χ1n) is 6.25. The van der Waals surface area contributed by atoms with Gasteiger partial charge in [-0.3, -0.25) is 4.98 Å². The minimum absolute atomic E-state index is 1.04. The maximum atomic E-state index is 4.79. The van der Waals surface area contributed by atoms with Crippen LogP contribution in [-0.4, -0.2) is 12.0 Å². The van der Waals surface area contributed by atoms with Gasteiger partial charge in [-0.15, -0.1) is 0 Å². The molecule has 0 spiro atoms. The first-order chi connectivity index (χ1) is 8.17. The highest BCUT2D eigenvalue weighted by Gasteiger charge is 2.08. The molecule has 0 aliphatic carbocycles. The van der Waals surface area contributed by atoms with Gasteiger partial charge in [0.2, 0.25) is 0 Å². The van der Waals surface area contributed by atoms with Gasteiger partial charge in [0.15, 0.2) is 0 Å². The van der Waals surface area contributed by atoms with Gasteiger partial charge in [0.05, 0.1) is 5.52 Å². The van der Waals surface area contributed by atoms with Crippen LogP contribution in [0, 0.1) is 13.8 Å². The van der Waals surface area contributed by atoms with Gasteiger partial charge in [-0.1, -0.05) is 25.5 Å². The fourth-order valence-electron chi connectivity index (χ4n) is 2.28. The van der Waals surface area contributed by atoms with Gasteiger partial charge in [-0.2, -0.15) is 0 Å². The molecule has 0 saturated carbocycles. The van der Waals surface area contributed by atoms with E-state index in [-0.39, 0.29) is 0 Å². The summed E-state index contributed by atoms with van der Waals surface area (Å²) in [6.07, 6.45) is 2.17. The van der Waals surface area contributed by atoms with Crippen molar-refractivity contribution in [2.45, 2.75) is 33.6 Å². The summed E-state index contributed by atoms with van der Waals surface area (Å²) < 4.78 is 0. The van der Waals surface area contributed by atoms with Crippen molar-refractivity contribution < 1.29 is 0 Å². The number of pyridine rings is 1. The highest BCUT2D eigenvalue weighted by Crippen LogP contribution is 2.28. The molecule has 2 rings (SSSR count). The van der Waals surface area contributed by atoms with Gasteiger partial charge in [0.25, 0.3) is 0 Å². The molecule has 2 aromatic rings. The van der Waals surface area contributed by atoms with Crippen LogP contribution in [0.2, 0.25) is 0 Å². The molecule has 0 atom stereocenters. The lowest BCUT2D eigenvalue weighted by atomic mass is 10.0. The Hall–Kier alpha value is -1.57. The predicted octanol–water partition coefficient (Wildman–Crippen LogP) is 3.85. The maximum Gasteiger partial charge on any atom is 0.0757 e. The quantitative estimate of drug-likeness (QED) is 0.863. The van der Waals surface area contributed by atoms with Crippen LogP contribution in [0.5, 0.6) is 0 Å². The lowest BCUT2D eigenvalue weighted by molar-refractivity contribution is 0.889. The summed E-state index contributed by atoms with van der Waals surface area (Å²) in [5.41, 5.74) is 6.04. The Morgan fingerprint density at radius 1 is 1.18 bits per heavy atom. The summed E-state index contributed by atoms with van der Waals surface area (Å²) in [6, 6.07) is 6.50. The lowest BCUT2D eigenvalue weighted by Gasteiger charge is -2.12. The molecule has 2 heteroatoms. The van der Waals surface area contributed by atoms with Crippen molar-refractivity contribution in [3.8, 4) is 0 Å². The van der Waals surface area contributed by atoms with Crippen molar-refractivity contribution in [2.75, 3.05) is 12.4 Å². The molecule has 1 aromatic carbocycles. The molecule has 0 radical (unpaired) electrons. The van der Waals surface area contributed by atoms with Crippen molar-refractivity contribution in [1.82, 2.24) is 4.98 Å². The Morgan fingerprint density at radius 2 is 1.88 bits per heavy atom. The maximum absolute atomic E-state index is 4.79. The van der Waals surface area contributed by atoms with E-state index in [0.717, 1.165) is 18.4 Å². The van der Waals surface area contributed by atoms with E-state index in [2.05, 4.69) is 44.3 Å². The summed E-state index contributed by atoms with van der Waals surface area (Å²) in [7, 11) is 1.98. The van der Waals surface area contributed by atoms with Crippen LogP contribution in [0.1, 0.15) is 30.2 Å². The first kappa shape index (κ1) is 11.9. The zero-order valence-electron chi connectivity index (χ0n) is 11.1. The first-order valence-corrected chi connectivity index (χ1v) is 6.25. The molecule has 1 heterocycles. The second kappa shape index (κ2) is 4.74. The Kier molecular flexibility index (Phi) is 3.32. The van der Waals surface area contributed by atoms with Crippen LogP contribution in [0.3, 0.4) is 0 Å². The normalized spacial score (nSPS) is 10.8. The number of rotatable bonds is 3. The Morgan fingerprint density at radius 3 is 2.53 bits per heavy atom. The van der Waals surface area contributed by atoms with E-state index in [4.69, 9.17) is 4.98 Å². The van der Waals surface area contributed by atoms with Gasteiger partial charge in [0.1, 0.15) is 0 Å². The minimum atomic E-state index is 1.04. The zero-order valence-corrected chi connectivity index (χ0v) is 11.1. The molecule has 0 bridgehead atoms. The Labute approximate surface area is 103 Å². The predicted molar refractivity (Wildman–Crippen MR) is 74.8 cm³/mol. The number of anilines is 1. The average Bonchev–Trinajstić information content (AvgIpc) is 2.33. The standard InChI is InChI=1S/C15H20N2/c1-5-6-12-9-13(16-4)14-10(2)7-8-11(3)15(14)17-12/h7-9H,5-6H2,1-4H3,(H,16,17). The van der Waals surface area contributed by atoms with E-state index < -0.39 is 0 Å². The molecular formula is C15H20N2. The monoisotopic (exact) mass is 228 g/mol. The molecule has 1 N–H and O–H groups in total. The largest absolute Gasteiger partial charge is 0.388 e. The smallest absolute Gasteiger partial charge is 0.0757 e. The number of hydrogen-bond donors (Lipinski definition) is 1. The third-order valence-corrected chi connectivity index (χ3v) is 3.20. The van der Waals surface area contributed by atoms with E-state index in [9.17, 15) is 0 Å². The third-order valence-electron chi connectivity index (χ3n) is 3.20. The average molecular weight is 228 g/mol. The van der Waals surface area contributed by atoms with E-state index in [1.54, 1.807) is 0 Å². The molecule has 0 aliphatic rings. The van der Waals surface area contributed by atoms with Crippen LogP contribution in [0.4, 0.5) is 5.69 Å². The number of fused-ring (bicyclic) bond motifs is 1. The third kappa shape index (κ3) is 2.12. The number of aromatic nitrogens is 1. The Bertz CT molecular complexity index is 544. The molecule has 17 heavy (non-hydrogen) atoms. The SMILES string of the molecule is CCCc1cc(NC)c2c(C)ccc(C)c2n1. The van der Waals surface area contributed by atoms with Crippen LogP contribution in [-0.2, 0) is 6.42 Å². The number of benzene rings is 1. The molecule has 0 amide bonds. The second-order valence-corrected chi connectivity index (χ2v) is 4.58. The van der Waals surface area contributed by atoms with Crippen LogP contribution >= 0.6 is 0 Å². The number of nitrogens with one attached hydrogen (secondary N) is 1. The summed E-state index contributed by atoms with van der Waals surface area (Å²) >= 11 is 0. The highest BCUT2D eigenvalue weighted by atomic mass is 14.8. The van der Waals surface area contributed by atoms with E-state index in [1.807, 2.05) is 7.05 Å². The van der Waals surface area contributed by atoms with Gasteiger partial charge in [-0.05, 0) is 37.5 Å².